The maximum absolute atomic E-state index is 12.7. The van der Waals surface area contributed by atoms with Crippen molar-refractivity contribution in [3.63, 3.8) is 0 Å². The molecule has 2 aromatic heterocycles. The predicted octanol–water partition coefficient (Wildman–Crippen LogP) is 3.33. The van der Waals surface area contributed by atoms with Crippen LogP contribution in [0.2, 0.25) is 5.02 Å². The maximum Gasteiger partial charge on any atom is 0.255 e. The number of aromatic nitrogens is 3. The SMILES string of the molecule is Cn1c(C[C@@H]2CCN(C(=O)c3ccccc3Cl)C2)nc2cccnc21. The number of rotatable bonds is 3. The number of nitrogens with zero attached hydrogens (tertiary/aromatic N) is 4. The normalized spacial score (nSPS) is 17.4. The van der Waals surface area contributed by atoms with Crippen LogP contribution in [0.25, 0.3) is 11.2 Å². The van der Waals surface area contributed by atoms with E-state index in [-0.39, 0.29) is 5.91 Å². The largest absolute Gasteiger partial charge is 0.338 e. The number of benzene rings is 1. The Morgan fingerprint density at radius 1 is 1.28 bits per heavy atom. The average molecular weight is 355 g/mol. The van der Waals surface area contributed by atoms with Gasteiger partial charge in [0.25, 0.3) is 5.91 Å². The number of amides is 1. The van der Waals surface area contributed by atoms with Gasteiger partial charge in [-0.25, -0.2) is 9.97 Å². The summed E-state index contributed by atoms with van der Waals surface area (Å²) in [6.45, 7) is 1.50. The van der Waals surface area contributed by atoms with Gasteiger partial charge in [-0.1, -0.05) is 23.7 Å². The lowest BCUT2D eigenvalue weighted by Gasteiger charge is -2.17. The van der Waals surface area contributed by atoms with E-state index < -0.39 is 0 Å². The molecule has 5 nitrogen and oxygen atoms in total. The summed E-state index contributed by atoms with van der Waals surface area (Å²) < 4.78 is 2.05. The number of aryl methyl sites for hydroxylation is 1. The highest BCUT2D eigenvalue weighted by atomic mass is 35.5. The zero-order chi connectivity index (χ0) is 17.4. The van der Waals surface area contributed by atoms with E-state index in [1.165, 1.54) is 0 Å². The molecule has 1 amide bonds. The summed E-state index contributed by atoms with van der Waals surface area (Å²) in [5.41, 5.74) is 2.40. The van der Waals surface area contributed by atoms with Crippen molar-refractivity contribution in [3.05, 3.63) is 59.0 Å². The Kier molecular flexibility index (Phi) is 4.17. The molecule has 0 bridgehead atoms. The highest BCUT2D eigenvalue weighted by Gasteiger charge is 2.29. The molecule has 0 radical (unpaired) electrons. The van der Waals surface area contributed by atoms with E-state index in [1.807, 2.05) is 40.8 Å². The smallest absolute Gasteiger partial charge is 0.255 e. The van der Waals surface area contributed by atoms with Crippen molar-refractivity contribution in [2.45, 2.75) is 12.8 Å². The number of hydrogen-bond acceptors (Lipinski definition) is 3. The predicted molar refractivity (Wildman–Crippen MR) is 97.7 cm³/mol. The molecule has 0 unspecified atom stereocenters. The minimum atomic E-state index is 0.0137. The molecule has 3 heterocycles. The van der Waals surface area contributed by atoms with Crippen LogP contribution >= 0.6 is 11.6 Å². The van der Waals surface area contributed by atoms with Gasteiger partial charge in [0.05, 0.1) is 10.6 Å². The van der Waals surface area contributed by atoms with Crippen LogP contribution in [0.3, 0.4) is 0 Å². The Labute approximate surface area is 151 Å². The van der Waals surface area contributed by atoms with Gasteiger partial charge in [-0.2, -0.15) is 0 Å². The molecule has 1 atom stereocenters. The monoisotopic (exact) mass is 354 g/mol. The molecule has 3 aromatic rings. The van der Waals surface area contributed by atoms with Gasteiger partial charge in [0.2, 0.25) is 0 Å². The lowest BCUT2D eigenvalue weighted by atomic mass is 10.0. The van der Waals surface area contributed by atoms with Gasteiger partial charge in [-0.05, 0) is 36.6 Å². The van der Waals surface area contributed by atoms with Gasteiger partial charge in [0, 0.05) is 32.8 Å². The summed E-state index contributed by atoms with van der Waals surface area (Å²) in [6.07, 6.45) is 3.61. The van der Waals surface area contributed by atoms with Crippen LogP contribution in [0, 0.1) is 5.92 Å². The van der Waals surface area contributed by atoms with E-state index in [2.05, 4.69) is 4.98 Å². The van der Waals surface area contributed by atoms with E-state index >= 15 is 0 Å². The minimum Gasteiger partial charge on any atom is -0.338 e. The van der Waals surface area contributed by atoms with Crippen molar-refractivity contribution in [1.29, 1.82) is 0 Å². The van der Waals surface area contributed by atoms with E-state index in [0.717, 1.165) is 42.9 Å². The Morgan fingerprint density at radius 3 is 2.92 bits per heavy atom. The molecule has 1 fully saturated rings. The standard InChI is InChI=1S/C19H19ClN4O/c1-23-17(22-16-7-4-9-21-18(16)23)11-13-8-10-24(12-13)19(25)14-5-2-3-6-15(14)20/h2-7,9,13H,8,10-12H2,1H3/t13-/m0/s1. The van der Waals surface area contributed by atoms with Crippen molar-refractivity contribution in [3.8, 4) is 0 Å². The molecule has 1 aliphatic rings. The number of carbonyl (C=O) groups is 1. The summed E-state index contributed by atoms with van der Waals surface area (Å²) in [7, 11) is 2.00. The lowest BCUT2D eigenvalue weighted by Crippen LogP contribution is -2.29. The van der Waals surface area contributed by atoms with Crippen molar-refractivity contribution in [1.82, 2.24) is 19.4 Å². The Hall–Kier alpha value is -2.40. The summed E-state index contributed by atoms with van der Waals surface area (Å²) in [6, 6.07) is 11.1. The number of pyridine rings is 1. The fraction of sp³-hybridized carbons (Fsp3) is 0.316. The number of likely N-dealkylation sites (tertiary alicyclic amines) is 1. The maximum atomic E-state index is 12.7. The fourth-order valence-corrected chi connectivity index (χ4v) is 3.72. The number of imidazole rings is 1. The molecular formula is C19H19ClN4O. The quantitative estimate of drug-likeness (QED) is 0.725. The van der Waals surface area contributed by atoms with Gasteiger partial charge < -0.3 is 9.47 Å². The molecule has 6 heteroatoms. The van der Waals surface area contributed by atoms with Crippen LogP contribution in [-0.2, 0) is 13.5 Å². The molecule has 0 aliphatic carbocycles. The van der Waals surface area contributed by atoms with Crippen LogP contribution in [0.15, 0.2) is 42.6 Å². The van der Waals surface area contributed by atoms with Crippen LogP contribution in [-0.4, -0.2) is 38.4 Å². The Morgan fingerprint density at radius 2 is 2.12 bits per heavy atom. The molecule has 4 rings (SSSR count). The molecule has 1 aromatic carbocycles. The minimum absolute atomic E-state index is 0.0137. The second kappa shape index (κ2) is 6.48. The first-order valence-electron chi connectivity index (χ1n) is 8.43. The molecule has 25 heavy (non-hydrogen) atoms. The number of carbonyl (C=O) groups excluding carboxylic acids is 1. The third-order valence-corrected chi connectivity index (χ3v) is 5.20. The van der Waals surface area contributed by atoms with Crippen molar-refractivity contribution < 1.29 is 4.79 Å². The second-order valence-electron chi connectivity index (χ2n) is 6.52. The third-order valence-electron chi connectivity index (χ3n) is 4.87. The summed E-state index contributed by atoms with van der Waals surface area (Å²) in [4.78, 5) is 23.7. The molecule has 0 spiro atoms. The topological polar surface area (TPSA) is 51.0 Å². The third kappa shape index (κ3) is 3.00. The zero-order valence-electron chi connectivity index (χ0n) is 14.0. The molecule has 128 valence electrons. The number of fused-ring (bicyclic) bond motifs is 1. The van der Waals surface area contributed by atoms with Gasteiger partial charge >= 0.3 is 0 Å². The summed E-state index contributed by atoms with van der Waals surface area (Å²) >= 11 is 6.16. The summed E-state index contributed by atoms with van der Waals surface area (Å²) in [5.74, 6) is 1.44. The molecular weight excluding hydrogens is 336 g/mol. The van der Waals surface area contributed by atoms with Crippen LogP contribution in [0.4, 0.5) is 0 Å². The van der Waals surface area contributed by atoms with Crippen molar-refractivity contribution in [2.75, 3.05) is 13.1 Å². The van der Waals surface area contributed by atoms with Crippen molar-refractivity contribution >= 4 is 28.7 Å². The van der Waals surface area contributed by atoms with E-state index in [4.69, 9.17) is 16.6 Å². The first-order chi connectivity index (χ1) is 12.1. The van der Waals surface area contributed by atoms with Crippen LogP contribution in [0.1, 0.15) is 22.6 Å². The van der Waals surface area contributed by atoms with Crippen molar-refractivity contribution in [2.24, 2.45) is 13.0 Å². The summed E-state index contributed by atoms with van der Waals surface area (Å²) in [5, 5.41) is 0.511. The second-order valence-corrected chi connectivity index (χ2v) is 6.93. The van der Waals surface area contributed by atoms with Gasteiger partial charge in [-0.3, -0.25) is 4.79 Å². The molecule has 1 saturated heterocycles. The average Bonchev–Trinajstić information content (AvgIpc) is 3.21. The van der Waals surface area contributed by atoms with E-state index in [9.17, 15) is 4.79 Å². The Bertz CT molecular complexity index is 936. The first-order valence-corrected chi connectivity index (χ1v) is 8.81. The first kappa shape index (κ1) is 16.1. The van der Waals surface area contributed by atoms with Gasteiger partial charge in [-0.15, -0.1) is 0 Å². The lowest BCUT2D eigenvalue weighted by molar-refractivity contribution is 0.0787. The van der Waals surface area contributed by atoms with E-state index in [1.54, 1.807) is 18.3 Å². The van der Waals surface area contributed by atoms with Crippen LogP contribution < -0.4 is 0 Å². The van der Waals surface area contributed by atoms with Gasteiger partial charge in [0.1, 0.15) is 11.3 Å². The molecule has 1 aliphatic heterocycles. The number of halogens is 1. The molecule has 0 N–H and O–H groups in total. The van der Waals surface area contributed by atoms with E-state index in [0.29, 0.717) is 16.5 Å². The fourth-order valence-electron chi connectivity index (χ4n) is 3.50. The van der Waals surface area contributed by atoms with Gasteiger partial charge in [0.15, 0.2) is 5.65 Å². The zero-order valence-corrected chi connectivity index (χ0v) is 14.8. The molecule has 0 saturated carbocycles. The highest BCUT2D eigenvalue weighted by molar-refractivity contribution is 6.33. The van der Waals surface area contributed by atoms with Crippen LogP contribution in [0.5, 0.6) is 0 Å². The highest BCUT2D eigenvalue weighted by Crippen LogP contribution is 2.25. The number of hydrogen-bond donors (Lipinski definition) is 0. The Balaban J connectivity index is 1.48.